The van der Waals surface area contributed by atoms with Crippen molar-refractivity contribution in [1.29, 1.82) is 5.26 Å². The van der Waals surface area contributed by atoms with E-state index >= 15 is 0 Å². The number of nitro benzene ring substituents is 1. The maximum Gasteiger partial charge on any atom is 0.341 e. The van der Waals surface area contributed by atoms with Crippen molar-refractivity contribution in [3.05, 3.63) is 50.4 Å². The van der Waals surface area contributed by atoms with Crippen LogP contribution < -0.4 is 14.8 Å². The summed E-state index contributed by atoms with van der Waals surface area (Å²) in [6.45, 7) is 1.73. The van der Waals surface area contributed by atoms with Crippen molar-refractivity contribution >= 4 is 40.0 Å². The number of nitrogens with zero attached hydrogens (tertiary/aromatic N) is 2. The average molecular weight is 415 g/mol. The van der Waals surface area contributed by atoms with Gasteiger partial charge in [-0.2, -0.15) is 5.26 Å². The Morgan fingerprint density at radius 1 is 1.41 bits per heavy atom. The van der Waals surface area contributed by atoms with Crippen LogP contribution in [0.25, 0.3) is 6.08 Å². The van der Waals surface area contributed by atoms with E-state index in [-0.39, 0.29) is 46.7 Å². The summed E-state index contributed by atoms with van der Waals surface area (Å²) in [7, 11) is 0. The molecule has 2 aromatic rings. The Morgan fingerprint density at radius 3 is 2.79 bits per heavy atom. The molecule has 29 heavy (non-hydrogen) atoms. The SMILES string of the molecule is CCOC(=O)c1ccsc1NC(=O)/C(C#N)=C/c1cc2c(cc1[N+](=O)[O-])OCO2. The Kier molecular flexibility index (Phi) is 5.75. The van der Waals surface area contributed by atoms with Gasteiger partial charge in [0.15, 0.2) is 11.5 Å². The summed E-state index contributed by atoms with van der Waals surface area (Å²) in [4.78, 5) is 35.1. The van der Waals surface area contributed by atoms with Crippen molar-refractivity contribution in [2.24, 2.45) is 0 Å². The van der Waals surface area contributed by atoms with E-state index in [1.165, 1.54) is 18.2 Å². The Bertz CT molecular complexity index is 1070. The molecular formula is C18H13N3O7S. The van der Waals surface area contributed by atoms with Gasteiger partial charge in [-0.3, -0.25) is 14.9 Å². The normalized spacial score (nSPS) is 12.2. The summed E-state index contributed by atoms with van der Waals surface area (Å²) in [6, 6.07) is 5.68. The van der Waals surface area contributed by atoms with Crippen molar-refractivity contribution in [2.75, 3.05) is 18.7 Å². The molecule has 3 rings (SSSR count). The molecule has 1 aliphatic rings. The molecule has 1 aromatic carbocycles. The van der Waals surface area contributed by atoms with Crippen LogP contribution in [0.3, 0.4) is 0 Å². The first-order valence-electron chi connectivity index (χ1n) is 8.20. The minimum atomic E-state index is -0.826. The van der Waals surface area contributed by atoms with E-state index in [2.05, 4.69) is 5.32 Å². The predicted octanol–water partition coefficient (Wildman–Crippen LogP) is 3.11. The van der Waals surface area contributed by atoms with Gasteiger partial charge in [0.1, 0.15) is 16.6 Å². The zero-order valence-corrected chi connectivity index (χ0v) is 15.8. The molecule has 0 unspecified atom stereocenters. The summed E-state index contributed by atoms with van der Waals surface area (Å²) in [5, 5.41) is 25.0. The summed E-state index contributed by atoms with van der Waals surface area (Å²) >= 11 is 1.08. The lowest BCUT2D eigenvalue weighted by atomic mass is 10.1. The summed E-state index contributed by atoms with van der Waals surface area (Å²) < 4.78 is 15.2. The minimum Gasteiger partial charge on any atom is -0.462 e. The fraction of sp³-hybridized carbons (Fsp3) is 0.167. The van der Waals surface area contributed by atoms with Gasteiger partial charge in [0.25, 0.3) is 11.6 Å². The molecule has 0 fully saturated rings. The number of carbonyl (C=O) groups excluding carboxylic acids is 2. The predicted molar refractivity (Wildman–Crippen MR) is 102 cm³/mol. The third kappa shape index (κ3) is 4.17. The number of hydrogen-bond acceptors (Lipinski definition) is 9. The Labute approximate surface area is 168 Å². The standard InChI is InChI=1S/C18H13N3O7S/c1-2-26-18(23)12-3-4-29-17(12)20-16(22)11(8-19)5-10-6-14-15(28-9-27-14)7-13(10)21(24)25/h3-7H,2,9H2,1H3,(H,20,22)/b11-5+. The molecule has 0 saturated heterocycles. The number of hydrogen-bond donors (Lipinski definition) is 1. The number of rotatable bonds is 6. The molecule has 1 N–H and O–H groups in total. The number of amides is 1. The van der Waals surface area contributed by atoms with Crippen LogP contribution in [0.5, 0.6) is 11.5 Å². The molecule has 0 spiro atoms. The van der Waals surface area contributed by atoms with Crippen molar-refractivity contribution in [3.63, 3.8) is 0 Å². The molecule has 11 heteroatoms. The number of anilines is 1. The lowest BCUT2D eigenvalue weighted by Crippen LogP contribution is -2.15. The molecule has 10 nitrogen and oxygen atoms in total. The summed E-state index contributed by atoms with van der Waals surface area (Å²) in [6.07, 6.45) is 1.08. The topological polar surface area (TPSA) is 141 Å². The van der Waals surface area contributed by atoms with Crippen LogP contribution in [0.15, 0.2) is 29.2 Å². The largest absolute Gasteiger partial charge is 0.462 e. The highest BCUT2D eigenvalue weighted by Gasteiger charge is 2.24. The number of nitro groups is 1. The number of benzene rings is 1. The zero-order chi connectivity index (χ0) is 21.0. The fourth-order valence-corrected chi connectivity index (χ4v) is 3.24. The van der Waals surface area contributed by atoms with Gasteiger partial charge in [0, 0.05) is 0 Å². The Morgan fingerprint density at radius 2 is 2.14 bits per heavy atom. The van der Waals surface area contributed by atoms with Crippen LogP contribution in [0.1, 0.15) is 22.8 Å². The van der Waals surface area contributed by atoms with E-state index in [0.717, 1.165) is 17.4 Å². The number of nitriles is 1. The molecule has 0 saturated carbocycles. The molecule has 0 atom stereocenters. The minimum absolute atomic E-state index is 0.00254. The van der Waals surface area contributed by atoms with Gasteiger partial charge < -0.3 is 19.5 Å². The molecule has 2 heterocycles. The fourth-order valence-electron chi connectivity index (χ4n) is 2.47. The second-order valence-electron chi connectivity index (χ2n) is 5.53. The van der Waals surface area contributed by atoms with E-state index in [1.54, 1.807) is 18.4 Å². The van der Waals surface area contributed by atoms with Gasteiger partial charge in [-0.25, -0.2) is 4.79 Å². The summed E-state index contributed by atoms with van der Waals surface area (Å²) in [5.74, 6) is -0.970. The van der Waals surface area contributed by atoms with E-state index in [4.69, 9.17) is 14.2 Å². The first kappa shape index (κ1) is 19.8. The van der Waals surface area contributed by atoms with E-state index < -0.39 is 22.4 Å². The first-order valence-corrected chi connectivity index (χ1v) is 9.08. The molecule has 1 amide bonds. The number of fused-ring (bicyclic) bond motifs is 1. The van der Waals surface area contributed by atoms with Crippen LogP contribution in [-0.4, -0.2) is 30.2 Å². The van der Waals surface area contributed by atoms with E-state index in [1.807, 2.05) is 0 Å². The van der Waals surface area contributed by atoms with Gasteiger partial charge in [-0.05, 0) is 30.5 Å². The number of carbonyl (C=O) groups is 2. The molecule has 148 valence electrons. The van der Waals surface area contributed by atoms with Crippen molar-refractivity contribution < 1.29 is 28.7 Å². The lowest BCUT2D eigenvalue weighted by molar-refractivity contribution is -0.385. The number of thiophene rings is 1. The van der Waals surface area contributed by atoms with Gasteiger partial charge in [-0.1, -0.05) is 0 Å². The monoisotopic (exact) mass is 415 g/mol. The first-order chi connectivity index (χ1) is 13.9. The van der Waals surface area contributed by atoms with Gasteiger partial charge in [0.2, 0.25) is 6.79 Å². The van der Waals surface area contributed by atoms with Gasteiger partial charge in [-0.15, -0.1) is 11.3 Å². The second-order valence-corrected chi connectivity index (χ2v) is 6.45. The summed E-state index contributed by atoms with van der Waals surface area (Å²) in [5.41, 5.74) is -0.590. The number of ether oxygens (including phenoxy) is 3. The van der Waals surface area contributed by atoms with Crippen molar-refractivity contribution in [3.8, 4) is 17.6 Å². The van der Waals surface area contributed by atoms with Crippen LogP contribution >= 0.6 is 11.3 Å². The quantitative estimate of drug-likeness (QED) is 0.249. The zero-order valence-electron chi connectivity index (χ0n) is 15.0. The maximum atomic E-state index is 12.5. The smallest absolute Gasteiger partial charge is 0.341 e. The molecule has 1 aromatic heterocycles. The third-order valence-electron chi connectivity index (χ3n) is 3.77. The molecule has 0 radical (unpaired) electrons. The van der Waals surface area contributed by atoms with Crippen molar-refractivity contribution in [1.82, 2.24) is 0 Å². The highest BCUT2D eigenvalue weighted by atomic mass is 32.1. The molecule has 1 aliphatic heterocycles. The molecule has 0 bridgehead atoms. The van der Waals surface area contributed by atoms with Gasteiger partial charge >= 0.3 is 5.97 Å². The van der Waals surface area contributed by atoms with Crippen molar-refractivity contribution in [2.45, 2.75) is 6.92 Å². The second kappa shape index (κ2) is 8.41. The number of nitrogens with one attached hydrogen (secondary N) is 1. The Hall–Kier alpha value is -3.91. The van der Waals surface area contributed by atoms with Crippen LogP contribution in [0.2, 0.25) is 0 Å². The van der Waals surface area contributed by atoms with Crippen LogP contribution in [-0.2, 0) is 9.53 Å². The lowest BCUT2D eigenvalue weighted by Gasteiger charge is -2.06. The van der Waals surface area contributed by atoms with Crippen LogP contribution in [0.4, 0.5) is 10.7 Å². The molecular weight excluding hydrogens is 402 g/mol. The average Bonchev–Trinajstić information content (AvgIpc) is 3.34. The highest BCUT2D eigenvalue weighted by Crippen LogP contribution is 2.38. The van der Waals surface area contributed by atoms with E-state index in [0.29, 0.717) is 0 Å². The highest BCUT2D eigenvalue weighted by molar-refractivity contribution is 7.14. The van der Waals surface area contributed by atoms with Crippen LogP contribution in [0, 0.1) is 21.4 Å². The Balaban J connectivity index is 1.91. The number of esters is 1. The van der Waals surface area contributed by atoms with E-state index in [9.17, 15) is 25.0 Å². The third-order valence-corrected chi connectivity index (χ3v) is 4.60. The maximum absolute atomic E-state index is 12.5. The molecule has 0 aliphatic carbocycles. The van der Waals surface area contributed by atoms with Gasteiger partial charge in [0.05, 0.1) is 28.7 Å².